The summed E-state index contributed by atoms with van der Waals surface area (Å²) in [5.41, 5.74) is 2.24. The standard InChI is InChI=1S/C15H12BrNO/c16-13-6-8-14(9-7-13)17-10-15(18-11-17)12-4-2-1-3-5-12/h1-10H,11H2. The van der Waals surface area contributed by atoms with E-state index in [2.05, 4.69) is 45.1 Å². The van der Waals surface area contributed by atoms with E-state index in [-0.39, 0.29) is 0 Å². The van der Waals surface area contributed by atoms with Crippen molar-refractivity contribution in [1.29, 1.82) is 0 Å². The Bertz CT molecular complexity index is 563. The number of hydrogen-bond acceptors (Lipinski definition) is 2. The highest BCUT2D eigenvalue weighted by Gasteiger charge is 2.15. The average molecular weight is 302 g/mol. The van der Waals surface area contributed by atoms with Crippen molar-refractivity contribution in [3.8, 4) is 0 Å². The minimum absolute atomic E-state index is 0.561. The van der Waals surface area contributed by atoms with Gasteiger partial charge in [0, 0.05) is 15.7 Å². The minimum Gasteiger partial charge on any atom is -0.471 e. The largest absolute Gasteiger partial charge is 0.471 e. The lowest BCUT2D eigenvalue weighted by Gasteiger charge is -2.12. The Morgan fingerprint density at radius 2 is 1.67 bits per heavy atom. The summed E-state index contributed by atoms with van der Waals surface area (Å²) in [4.78, 5) is 2.09. The molecule has 0 saturated carbocycles. The Hall–Kier alpha value is -1.74. The number of benzene rings is 2. The molecule has 0 saturated heterocycles. The molecule has 0 amide bonds. The van der Waals surface area contributed by atoms with Gasteiger partial charge in [0.2, 0.25) is 0 Å². The smallest absolute Gasteiger partial charge is 0.165 e. The third-order valence-electron chi connectivity index (χ3n) is 2.85. The molecule has 0 fully saturated rings. The summed E-state index contributed by atoms with van der Waals surface area (Å²) in [5.74, 6) is 0.915. The van der Waals surface area contributed by atoms with E-state index >= 15 is 0 Å². The van der Waals surface area contributed by atoms with Gasteiger partial charge < -0.3 is 9.64 Å². The molecule has 90 valence electrons. The Morgan fingerprint density at radius 1 is 0.944 bits per heavy atom. The van der Waals surface area contributed by atoms with Gasteiger partial charge in [-0.1, -0.05) is 46.3 Å². The summed E-state index contributed by atoms with van der Waals surface area (Å²) in [7, 11) is 0. The maximum absolute atomic E-state index is 5.71. The molecule has 0 aliphatic carbocycles. The zero-order chi connectivity index (χ0) is 12.4. The third kappa shape index (κ3) is 2.27. The summed E-state index contributed by atoms with van der Waals surface area (Å²) in [5, 5.41) is 0. The highest BCUT2D eigenvalue weighted by Crippen LogP contribution is 2.27. The van der Waals surface area contributed by atoms with Crippen LogP contribution in [-0.4, -0.2) is 6.73 Å². The van der Waals surface area contributed by atoms with Crippen LogP contribution in [0.5, 0.6) is 0 Å². The average Bonchev–Trinajstić information content (AvgIpc) is 2.90. The zero-order valence-corrected chi connectivity index (χ0v) is 11.3. The summed E-state index contributed by atoms with van der Waals surface area (Å²) in [6, 6.07) is 18.3. The number of halogens is 1. The van der Waals surface area contributed by atoms with Crippen molar-refractivity contribution in [3.05, 3.63) is 70.8 Å². The summed E-state index contributed by atoms with van der Waals surface area (Å²) in [6.07, 6.45) is 2.04. The van der Waals surface area contributed by atoms with Crippen molar-refractivity contribution in [3.63, 3.8) is 0 Å². The minimum atomic E-state index is 0.561. The van der Waals surface area contributed by atoms with Gasteiger partial charge >= 0.3 is 0 Å². The molecule has 1 heterocycles. The number of rotatable bonds is 2. The molecule has 2 nitrogen and oxygen atoms in total. The molecule has 2 aromatic carbocycles. The van der Waals surface area contributed by atoms with E-state index in [0.29, 0.717) is 6.73 Å². The van der Waals surface area contributed by atoms with Gasteiger partial charge in [-0.2, -0.15) is 0 Å². The second kappa shape index (κ2) is 4.86. The summed E-state index contributed by atoms with van der Waals surface area (Å²) >= 11 is 3.44. The van der Waals surface area contributed by atoms with Gasteiger partial charge in [-0.3, -0.25) is 0 Å². The molecule has 0 atom stereocenters. The van der Waals surface area contributed by atoms with Gasteiger partial charge in [0.15, 0.2) is 6.73 Å². The lowest BCUT2D eigenvalue weighted by Crippen LogP contribution is -2.12. The fourth-order valence-corrected chi connectivity index (χ4v) is 2.16. The molecule has 1 aliphatic rings. The van der Waals surface area contributed by atoms with Crippen LogP contribution in [0.2, 0.25) is 0 Å². The Morgan fingerprint density at radius 3 is 2.39 bits per heavy atom. The molecular formula is C15H12BrNO. The maximum atomic E-state index is 5.71. The van der Waals surface area contributed by atoms with Crippen LogP contribution < -0.4 is 4.90 Å². The van der Waals surface area contributed by atoms with Gasteiger partial charge in [-0.15, -0.1) is 0 Å². The maximum Gasteiger partial charge on any atom is 0.165 e. The molecule has 3 rings (SSSR count). The predicted molar refractivity (Wildman–Crippen MR) is 77.0 cm³/mol. The molecule has 18 heavy (non-hydrogen) atoms. The number of nitrogens with zero attached hydrogens (tertiary/aromatic N) is 1. The third-order valence-corrected chi connectivity index (χ3v) is 3.38. The molecule has 0 radical (unpaired) electrons. The van der Waals surface area contributed by atoms with E-state index in [1.807, 2.05) is 36.5 Å². The van der Waals surface area contributed by atoms with Crippen molar-refractivity contribution < 1.29 is 4.74 Å². The molecule has 3 heteroatoms. The molecule has 0 N–H and O–H groups in total. The quantitative estimate of drug-likeness (QED) is 0.822. The Labute approximate surface area is 115 Å². The first-order chi connectivity index (χ1) is 8.83. The highest BCUT2D eigenvalue weighted by molar-refractivity contribution is 9.10. The van der Waals surface area contributed by atoms with Crippen LogP contribution in [0.1, 0.15) is 5.56 Å². The van der Waals surface area contributed by atoms with Crippen LogP contribution >= 0.6 is 15.9 Å². The van der Waals surface area contributed by atoms with Crippen molar-refractivity contribution in [1.82, 2.24) is 0 Å². The second-order valence-electron chi connectivity index (χ2n) is 4.08. The van der Waals surface area contributed by atoms with Crippen LogP contribution in [-0.2, 0) is 4.74 Å². The van der Waals surface area contributed by atoms with Gasteiger partial charge in [-0.05, 0) is 24.3 Å². The number of hydrogen-bond donors (Lipinski definition) is 0. The van der Waals surface area contributed by atoms with Crippen LogP contribution in [0, 0.1) is 0 Å². The molecule has 1 aliphatic heterocycles. The first kappa shape index (κ1) is 11.4. The molecular weight excluding hydrogens is 290 g/mol. The van der Waals surface area contributed by atoms with E-state index in [1.165, 1.54) is 0 Å². The highest BCUT2D eigenvalue weighted by atomic mass is 79.9. The van der Waals surface area contributed by atoms with Crippen molar-refractivity contribution in [2.75, 3.05) is 11.6 Å². The van der Waals surface area contributed by atoms with Crippen molar-refractivity contribution in [2.24, 2.45) is 0 Å². The molecule has 0 aromatic heterocycles. The lowest BCUT2D eigenvalue weighted by atomic mass is 10.2. The first-order valence-corrected chi connectivity index (χ1v) is 6.54. The summed E-state index contributed by atoms with van der Waals surface area (Å²) in [6.45, 7) is 0.561. The molecule has 0 spiro atoms. The fourth-order valence-electron chi connectivity index (χ4n) is 1.90. The van der Waals surface area contributed by atoms with Crippen molar-refractivity contribution in [2.45, 2.75) is 0 Å². The number of anilines is 1. The van der Waals surface area contributed by atoms with E-state index in [4.69, 9.17) is 4.74 Å². The monoisotopic (exact) mass is 301 g/mol. The molecule has 0 bridgehead atoms. The van der Waals surface area contributed by atoms with Gasteiger partial charge in [0.25, 0.3) is 0 Å². The number of ether oxygens (including phenoxy) is 1. The van der Waals surface area contributed by atoms with Crippen LogP contribution in [0.15, 0.2) is 65.3 Å². The predicted octanol–water partition coefficient (Wildman–Crippen LogP) is 4.24. The Balaban J connectivity index is 1.85. The lowest BCUT2D eigenvalue weighted by molar-refractivity contribution is 0.308. The van der Waals surface area contributed by atoms with Gasteiger partial charge in [0.1, 0.15) is 5.76 Å². The van der Waals surface area contributed by atoms with E-state index in [1.54, 1.807) is 0 Å². The van der Waals surface area contributed by atoms with Gasteiger partial charge in [0.05, 0.1) is 6.20 Å². The van der Waals surface area contributed by atoms with Crippen molar-refractivity contribution >= 4 is 27.4 Å². The topological polar surface area (TPSA) is 12.5 Å². The van der Waals surface area contributed by atoms with Crippen LogP contribution in [0.25, 0.3) is 5.76 Å². The second-order valence-corrected chi connectivity index (χ2v) is 4.99. The molecule has 0 unspecified atom stereocenters. The normalized spacial score (nSPS) is 14.3. The SMILES string of the molecule is Brc1ccc(N2C=C(c3ccccc3)OC2)cc1. The zero-order valence-electron chi connectivity index (χ0n) is 9.71. The van der Waals surface area contributed by atoms with E-state index in [0.717, 1.165) is 21.5 Å². The van der Waals surface area contributed by atoms with Gasteiger partial charge in [-0.25, -0.2) is 0 Å². The van der Waals surface area contributed by atoms with Crippen LogP contribution in [0.4, 0.5) is 5.69 Å². The van der Waals surface area contributed by atoms with Crippen LogP contribution in [0.3, 0.4) is 0 Å². The fraction of sp³-hybridized carbons (Fsp3) is 0.0667. The molecule has 2 aromatic rings. The van der Waals surface area contributed by atoms with E-state index < -0.39 is 0 Å². The Kier molecular flexibility index (Phi) is 3.07. The first-order valence-electron chi connectivity index (χ1n) is 5.75. The summed E-state index contributed by atoms with van der Waals surface area (Å²) < 4.78 is 6.79. The van der Waals surface area contributed by atoms with E-state index in [9.17, 15) is 0 Å².